The second-order valence-corrected chi connectivity index (χ2v) is 8.88. The second kappa shape index (κ2) is 7.67. The second-order valence-electron chi connectivity index (χ2n) is 7.97. The minimum Gasteiger partial charge on any atom is -0.355 e. The molecule has 2 N–H and O–H groups in total. The molecule has 0 radical (unpaired) electrons. The van der Waals surface area contributed by atoms with Gasteiger partial charge in [-0.15, -0.1) is 11.3 Å². The van der Waals surface area contributed by atoms with Crippen molar-refractivity contribution in [2.24, 2.45) is 0 Å². The number of aromatic nitrogens is 4. The number of rotatable bonds is 4. The Labute approximate surface area is 184 Å². The van der Waals surface area contributed by atoms with Crippen molar-refractivity contribution >= 4 is 50.0 Å². The summed E-state index contributed by atoms with van der Waals surface area (Å²) >= 11 is 1.73. The number of aromatic amines is 1. The Morgan fingerprint density at radius 1 is 1.00 bits per heavy atom. The number of nitrogens with zero attached hydrogens (tertiary/aromatic N) is 4. The minimum absolute atomic E-state index is 0.499. The summed E-state index contributed by atoms with van der Waals surface area (Å²) in [5.74, 6) is 2.34. The third kappa shape index (κ3) is 3.51. The number of hydrogen-bond acceptors (Lipinski definition) is 6. The molecule has 0 spiro atoms. The Balaban J connectivity index is 1.19. The molecule has 6 nitrogen and oxygen atoms in total. The number of imidazole rings is 1. The van der Waals surface area contributed by atoms with Crippen molar-refractivity contribution in [2.75, 3.05) is 23.3 Å². The highest BCUT2D eigenvalue weighted by molar-refractivity contribution is 7.17. The predicted molar refractivity (Wildman–Crippen MR) is 127 cm³/mol. The van der Waals surface area contributed by atoms with Gasteiger partial charge in [0.15, 0.2) is 0 Å². The van der Waals surface area contributed by atoms with Crippen molar-refractivity contribution in [1.29, 1.82) is 0 Å². The standard InChI is InChI=1S/C24H22N6S/c1-2-6-20-19(5-1)28-24(29-20)27-18-9-7-16(8-10-18)17-4-3-12-30(14-17)23-22-21(11-13-31-22)25-15-26-23/h1-2,5-11,13,15,17H,3-4,12,14H2,(H2,27,28,29). The number of nitrogens with one attached hydrogen (secondary N) is 2. The first-order valence-corrected chi connectivity index (χ1v) is 11.5. The van der Waals surface area contributed by atoms with E-state index >= 15 is 0 Å². The van der Waals surface area contributed by atoms with E-state index in [2.05, 4.69) is 65.9 Å². The van der Waals surface area contributed by atoms with Crippen molar-refractivity contribution < 1.29 is 0 Å². The maximum atomic E-state index is 4.61. The molecule has 0 bridgehead atoms. The topological polar surface area (TPSA) is 69.7 Å². The quantitative estimate of drug-likeness (QED) is 0.386. The van der Waals surface area contributed by atoms with Crippen LogP contribution in [0.25, 0.3) is 21.3 Å². The number of thiophene rings is 1. The van der Waals surface area contributed by atoms with Gasteiger partial charge in [-0.1, -0.05) is 24.3 Å². The molecular weight excluding hydrogens is 404 g/mol. The van der Waals surface area contributed by atoms with Crippen molar-refractivity contribution in [3.63, 3.8) is 0 Å². The molecule has 2 aromatic carbocycles. The summed E-state index contributed by atoms with van der Waals surface area (Å²) in [5.41, 5.74) is 5.45. The van der Waals surface area contributed by atoms with E-state index in [1.807, 2.05) is 24.3 Å². The number of para-hydroxylation sites is 2. The highest BCUT2D eigenvalue weighted by atomic mass is 32.1. The zero-order valence-electron chi connectivity index (χ0n) is 17.0. The smallest absolute Gasteiger partial charge is 0.205 e. The molecule has 154 valence electrons. The number of hydrogen-bond donors (Lipinski definition) is 2. The molecule has 7 heteroatoms. The first-order valence-electron chi connectivity index (χ1n) is 10.6. The van der Waals surface area contributed by atoms with Crippen LogP contribution < -0.4 is 10.2 Å². The van der Waals surface area contributed by atoms with Gasteiger partial charge in [-0.3, -0.25) is 0 Å². The van der Waals surface area contributed by atoms with E-state index in [9.17, 15) is 0 Å². The van der Waals surface area contributed by atoms with E-state index in [1.165, 1.54) is 23.1 Å². The van der Waals surface area contributed by atoms with Crippen LogP contribution in [0.4, 0.5) is 17.5 Å². The van der Waals surface area contributed by atoms with Crippen molar-refractivity contribution in [3.8, 4) is 0 Å². The zero-order chi connectivity index (χ0) is 20.6. The van der Waals surface area contributed by atoms with Gasteiger partial charge in [-0.2, -0.15) is 0 Å². The summed E-state index contributed by atoms with van der Waals surface area (Å²) in [6.45, 7) is 2.03. The van der Waals surface area contributed by atoms with Crippen LogP contribution in [0.3, 0.4) is 0 Å². The molecule has 1 aliphatic rings. The molecule has 1 fully saturated rings. The average Bonchev–Trinajstić information content (AvgIpc) is 3.46. The van der Waals surface area contributed by atoms with Crippen LogP contribution in [0.1, 0.15) is 24.3 Å². The SMILES string of the molecule is c1ccc2[nH]c(Nc3ccc(C4CCCN(c5ncnc6ccsc56)C4)cc3)nc2c1. The fraction of sp³-hybridized carbons (Fsp3) is 0.208. The van der Waals surface area contributed by atoms with Gasteiger partial charge in [0.1, 0.15) is 12.1 Å². The number of anilines is 3. The molecule has 1 unspecified atom stereocenters. The first-order chi connectivity index (χ1) is 15.3. The van der Waals surface area contributed by atoms with Gasteiger partial charge in [0.25, 0.3) is 0 Å². The molecule has 6 rings (SSSR count). The lowest BCUT2D eigenvalue weighted by atomic mass is 9.90. The van der Waals surface area contributed by atoms with E-state index in [0.29, 0.717) is 5.92 Å². The molecule has 31 heavy (non-hydrogen) atoms. The third-order valence-corrected chi connectivity index (χ3v) is 6.88. The van der Waals surface area contributed by atoms with Crippen LogP contribution >= 0.6 is 11.3 Å². The molecule has 0 aliphatic carbocycles. The minimum atomic E-state index is 0.499. The summed E-state index contributed by atoms with van der Waals surface area (Å²) < 4.78 is 1.19. The molecule has 1 saturated heterocycles. The Morgan fingerprint density at radius 3 is 2.81 bits per heavy atom. The van der Waals surface area contributed by atoms with Gasteiger partial charge in [0.05, 0.1) is 21.3 Å². The molecule has 0 amide bonds. The predicted octanol–water partition coefficient (Wildman–Crippen LogP) is 5.70. The summed E-state index contributed by atoms with van der Waals surface area (Å²) in [6, 6.07) is 18.9. The van der Waals surface area contributed by atoms with E-state index in [0.717, 1.165) is 47.1 Å². The lowest BCUT2D eigenvalue weighted by Gasteiger charge is -2.34. The lowest BCUT2D eigenvalue weighted by Crippen LogP contribution is -2.35. The molecular formula is C24H22N6S. The monoisotopic (exact) mass is 426 g/mol. The van der Waals surface area contributed by atoms with Gasteiger partial charge >= 0.3 is 0 Å². The number of fused-ring (bicyclic) bond motifs is 2. The summed E-state index contributed by atoms with van der Waals surface area (Å²) in [7, 11) is 0. The van der Waals surface area contributed by atoms with Crippen LogP contribution in [0.5, 0.6) is 0 Å². The lowest BCUT2D eigenvalue weighted by molar-refractivity contribution is 0.508. The van der Waals surface area contributed by atoms with Crippen molar-refractivity contribution in [3.05, 3.63) is 71.9 Å². The molecule has 0 saturated carbocycles. The Morgan fingerprint density at radius 2 is 1.90 bits per heavy atom. The zero-order valence-corrected chi connectivity index (χ0v) is 17.8. The van der Waals surface area contributed by atoms with Crippen LogP contribution in [0.2, 0.25) is 0 Å². The maximum absolute atomic E-state index is 4.61. The van der Waals surface area contributed by atoms with Crippen molar-refractivity contribution in [2.45, 2.75) is 18.8 Å². The van der Waals surface area contributed by atoms with Crippen LogP contribution in [-0.4, -0.2) is 33.0 Å². The van der Waals surface area contributed by atoms with Gasteiger partial charge in [0.2, 0.25) is 5.95 Å². The van der Waals surface area contributed by atoms with Gasteiger partial charge in [0, 0.05) is 24.7 Å². The summed E-state index contributed by atoms with van der Waals surface area (Å²) in [5, 5.41) is 5.48. The first kappa shape index (κ1) is 18.3. The van der Waals surface area contributed by atoms with E-state index in [1.54, 1.807) is 17.7 Å². The van der Waals surface area contributed by atoms with E-state index in [4.69, 9.17) is 0 Å². The van der Waals surface area contributed by atoms with Crippen LogP contribution in [-0.2, 0) is 0 Å². The number of piperidine rings is 1. The summed E-state index contributed by atoms with van der Waals surface area (Å²) in [4.78, 5) is 19.3. The van der Waals surface area contributed by atoms with Gasteiger partial charge in [-0.25, -0.2) is 15.0 Å². The number of benzene rings is 2. The fourth-order valence-electron chi connectivity index (χ4n) is 4.43. The molecule has 5 aromatic rings. The summed E-state index contributed by atoms with van der Waals surface area (Å²) in [6.07, 6.45) is 4.05. The Bertz CT molecular complexity index is 1310. The number of H-pyrrole nitrogens is 1. The average molecular weight is 427 g/mol. The highest BCUT2D eigenvalue weighted by Gasteiger charge is 2.24. The van der Waals surface area contributed by atoms with Crippen LogP contribution in [0, 0.1) is 0 Å². The molecule has 3 aromatic heterocycles. The van der Waals surface area contributed by atoms with E-state index in [-0.39, 0.29) is 0 Å². The van der Waals surface area contributed by atoms with Crippen molar-refractivity contribution in [1.82, 2.24) is 19.9 Å². The molecule has 1 aliphatic heterocycles. The largest absolute Gasteiger partial charge is 0.355 e. The Kier molecular flexibility index (Phi) is 4.53. The normalized spacial score (nSPS) is 16.8. The van der Waals surface area contributed by atoms with Crippen LogP contribution in [0.15, 0.2) is 66.3 Å². The highest BCUT2D eigenvalue weighted by Crippen LogP contribution is 2.34. The third-order valence-electron chi connectivity index (χ3n) is 5.98. The molecule has 4 heterocycles. The van der Waals surface area contributed by atoms with Gasteiger partial charge < -0.3 is 15.2 Å². The van der Waals surface area contributed by atoms with E-state index < -0.39 is 0 Å². The molecule has 1 atom stereocenters. The fourth-order valence-corrected chi connectivity index (χ4v) is 5.29. The Hall–Kier alpha value is -3.45. The maximum Gasteiger partial charge on any atom is 0.205 e. The van der Waals surface area contributed by atoms with Gasteiger partial charge in [-0.05, 0) is 54.1 Å².